The molecule has 1 aliphatic carbocycles. The second-order valence-corrected chi connectivity index (χ2v) is 5.04. The molecule has 2 nitrogen and oxygen atoms in total. The lowest BCUT2D eigenvalue weighted by Gasteiger charge is -2.21. The Hall–Kier alpha value is -1.61. The highest BCUT2D eigenvalue weighted by Crippen LogP contribution is 2.31. The lowest BCUT2D eigenvalue weighted by atomic mass is 9.93. The van der Waals surface area contributed by atoms with E-state index in [1.165, 1.54) is 5.56 Å². The van der Waals surface area contributed by atoms with E-state index in [2.05, 4.69) is 0 Å². The normalized spacial score (nSPS) is 18.7. The van der Waals surface area contributed by atoms with E-state index in [9.17, 15) is 4.39 Å². The van der Waals surface area contributed by atoms with Crippen LogP contribution in [0.3, 0.4) is 0 Å². The molecule has 0 spiro atoms. The monoisotopic (exact) mass is 244 g/mol. The number of nitrogens with zero attached hydrogens (tertiary/aromatic N) is 1. The van der Waals surface area contributed by atoms with Gasteiger partial charge in [0.25, 0.3) is 0 Å². The topological polar surface area (TPSA) is 30.9 Å². The van der Waals surface area contributed by atoms with Crippen LogP contribution in [0.25, 0.3) is 5.69 Å². The summed E-state index contributed by atoms with van der Waals surface area (Å²) in [5, 5.41) is 0. The van der Waals surface area contributed by atoms with E-state index < -0.39 is 0 Å². The van der Waals surface area contributed by atoms with Crippen molar-refractivity contribution >= 4 is 0 Å². The molecule has 94 valence electrons. The molecule has 1 heterocycles. The molecule has 0 bridgehead atoms. The molecule has 0 saturated carbocycles. The maximum Gasteiger partial charge on any atom is 0.147 e. The standard InChI is InChI=1S/C15H17FN2/c1-10-5-6-15(12(16)9-10)18-8-7-11-13(17)3-2-4-14(11)18/h5-9,13H,2-4,17H2,1H3. The van der Waals surface area contributed by atoms with Crippen molar-refractivity contribution in [2.45, 2.75) is 32.2 Å². The first kappa shape index (κ1) is 11.5. The van der Waals surface area contributed by atoms with Crippen molar-refractivity contribution in [3.8, 4) is 5.69 Å². The summed E-state index contributed by atoms with van der Waals surface area (Å²) < 4.78 is 16.0. The van der Waals surface area contributed by atoms with Gasteiger partial charge in [0.05, 0.1) is 5.69 Å². The Morgan fingerprint density at radius 3 is 2.94 bits per heavy atom. The number of nitrogens with two attached hydrogens (primary N) is 1. The zero-order chi connectivity index (χ0) is 12.7. The Balaban J connectivity index is 2.12. The maximum absolute atomic E-state index is 14.0. The molecule has 0 radical (unpaired) electrons. The minimum absolute atomic E-state index is 0.100. The first-order valence-corrected chi connectivity index (χ1v) is 6.39. The van der Waals surface area contributed by atoms with Gasteiger partial charge in [-0.05, 0) is 55.5 Å². The second kappa shape index (κ2) is 4.25. The number of hydrogen-bond acceptors (Lipinski definition) is 1. The Morgan fingerprint density at radius 2 is 2.17 bits per heavy atom. The largest absolute Gasteiger partial charge is 0.324 e. The number of halogens is 1. The fourth-order valence-electron chi connectivity index (χ4n) is 2.76. The molecule has 0 aliphatic heterocycles. The number of fused-ring (bicyclic) bond motifs is 1. The quantitative estimate of drug-likeness (QED) is 0.820. The van der Waals surface area contributed by atoms with Crippen molar-refractivity contribution in [2.75, 3.05) is 0 Å². The fourth-order valence-corrected chi connectivity index (χ4v) is 2.76. The lowest BCUT2D eigenvalue weighted by Crippen LogP contribution is -2.18. The predicted octanol–water partition coefficient (Wildman–Crippen LogP) is 3.26. The molecule has 18 heavy (non-hydrogen) atoms. The van der Waals surface area contributed by atoms with Gasteiger partial charge in [0.1, 0.15) is 5.82 Å². The first-order valence-electron chi connectivity index (χ1n) is 6.39. The minimum Gasteiger partial charge on any atom is -0.324 e. The van der Waals surface area contributed by atoms with Crippen LogP contribution in [-0.2, 0) is 6.42 Å². The van der Waals surface area contributed by atoms with Gasteiger partial charge in [-0.2, -0.15) is 0 Å². The van der Waals surface area contributed by atoms with Crippen molar-refractivity contribution in [3.63, 3.8) is 0 Å². The molecule has 0 amide bonds. The van der Waals surface area contributed by atoms with Gasteiger partial charge < -0.3 is 10.3 Å². The van der Waals surface area contributed by atoms with Crippen molar-refractivity contribution in [3.05, 3.63) is 53.1 Å². The van der Waals surface area contributed by atoms with E-state index in [-0.39, 0.29) is 11.9 Å². The van der Waals surface area contributed by atoms with Crippen LogP contribution in [0, 0.1) is 12.7 Å². The second-order valence-electron chi connectivity index (χ2n) is 5.04. The highest BCUT2D eigenvalue weighted by molar-refractivity contribution is 5.42. The third kappa shape index (κ3) is 1.75. The number of aromatic nitrogens is 1. The summed E-state index contributed by atoms with van der Waals surface area (Å²) >= 11 is 0. The smallest absolute Gasteiger partial charge is 0.147 e. The summed E-state index contributed by atoms with van der Waals surface area (Å²) in [4.78, 5) is 0. The SMILES string of the molecule is Cc1ccc(-n2ccc3c2CCCC3N)c(F)c1. The fraction of sp³-hybridized carbons (Fsp3) is 0.333. The Bertz CT molecular complexity index is 586. The Kier molecular flexibility index (Phi) is 2.71. The van der Waals surface area contributed by atoms with Crippen LogP contribution in [-0.4, -0.2) is 4.57 Å². The highest BCUT2D eigenvalue weighted by Gasteiger charge is 2.21. The average molecular weight is 244 g/mol. The summed E-state index contributed by atoms with van der Waals surface area (Å²) in [5.74, 6) is -0.174. The summed E-state index contributed by atoms with van der Waals surface area (Å²) in [6, 6.07) is 7.48. The third-order valence-corrected chi connectivity index (χ3v) is 3.72. The van der Waals surface area contributed by atoms with Crippen LogP contribution in [0.5, 0.6) is 0 Å². The van der Waals surface area contributed by atoms with Crippen LogP contribution in [0.1, 0.15) is 35.7 Å². The zero-order valence-electron chi connectivity index (χ0n) is 10.5. The molecule has 3 heteroatoms. The number of benzene rings is 1. The van der Waals surface area contributed by atoms with E-state index >= 15 is 0 Å². The van der Waals surface area contributed by atoms with Crippen LogP contribution >= 0.6 is 0 Å². The van der Waals surface area contributed by atoms with Crippen LogP contribution < -0.4 is 5.73 Å². The molecule has 1 aromatic heterocycles. The summed E-state index contributed by atoms with van der Waals surface area (Å²) in [7, 11) is 0. The van der Waals surface area contributed by atoms with Crippen molar-refractivity contribution in [2.24, 2.45) is 5.73 Å². The van der Waals surface area contributed by atoms with Crippen molar-refractivity contribution in [1.29, 1.82) is 0 Å². The molecular weight excluding hydrogens is 227 g/mol. The molecule has 1 atom stereocenters. The Morgan fingerprint density at radius 1 is 1.33 bits per heavy atom. The minimum atomic E-state index is -0.174. The average Bonchev–Trinajstić information content (AvgIpc) is 2.74. The number of hydrogen-bond donors (Lipinski definition) is 1. The van der Waals surface area contributed by atoms with E-state index in [1.54, 1.807) is 6.07 Å². The van der Waals surface area contributed by atoms with Gasteiger partial charge in [-0.25, -0.2) is 4.39 Å². The van der Waals surface area contributed by atoms with Gasteiger partial charge in [0.15, 0.2) is 0 Å². The lowest BCUT2D eigenvalue weighted by molar-refractivity contribution is 0.555. The van der Waals surface area contributed by atoms with Gasteiger partial charge in [-0.3, -0.25) is 0 Å². The molecular formula is C15H17FN2. The molecule has 0 fully saturated rings. The number of aryl methyl sites for hydroxylation is 1. The molecule has 1 aliphatic rings. The summed E-state index contributed by atoms with van der Waals surface area (Å²) in [5.41, 5.74) is 9.98. The molecule has 1 unspecified atom stereocenters. The number of rotatable bonds is 1. The summed E-state index contributed by atoms with van der Waals surface area (Å²) in [6.45, 7) is 1.90. The van der Waals surface area contributed by atoms with Gasteiger partial charge in [-0.15, -0.1) is 0 Å². The third-order valence-electron chi connectivity index (χ3n) is 3.72. The molecule has 1 aromatic carbocycles. The first-order chi connectivity index (χ1) is 8.66. The summed E-state index contributed by atoms with van der Waals surface area (Å²) in [6.07, 6.45) is 5.01. The maximum atomic E-state index is 14.0. The van der Waals surface area contributed by atoms with E-state index in [0.717, 1.165) is 30.5 Å². The van der Waals surface area contributed by atoms with Gasteiger partial charge in [-0.1, -0.05) is 6.07 Å². The van der Waals surface area contributed by atoms with E-state index in [4.69, 9.17) is 5.73 Å². The highest BCUT2D eigenvalue weighted by atomic mass is 19.1. The molecule has 3 rings (SSSR count). The molecule has 2 aromatic rings. The van der Waals surface area contributed by atoms with Gasteiger partial charge >= 0.3 is 0 Å². The van der Waals surface area contributed by atoms with Gasteiger partial charge in [0.2, 0.25) is 0 Å². The van der Waals surface area contributed by atoms with Gasteiger partial charge in [0, 0.05) is 17.9 Å². The van der Waals surface area contributed by atoms with E-state index in [0.29, 0.717) is 5.69 Å². The van der Waals surface area contributed by atoms with Crippen LogP contribution in [0.2, 0.25) is 0 Å². The zero-order valence-corrected chi connectivity index (χ0v) is 10.5. The molecule has 0 saturated heterocycles. The van der Waals surface area contributed by atoms with Crippen molar-refractivity contribution in [1.82, 2.24) is 4.57 Å². The van der Waals surface area contributed by atoms with Crippen molar-refractivity contribution < 1.29 is 4.39 Å². The predicted molar refractivity (Wildman–Crippen MR) is 70.3 cm³/mol. The Labute approximate surface area is 106 Å². The van der Waals surface area contributed by atoms with Crippen LogP contribution in [0.4, 0.5) is 4.39 Å². The van der Waals surface area contributed by atoms with Crippen LogP contribution in [0.15, 0.2) is 30.5 Å². The van der Waals surface area contributed by atoms with E-state index in [1.807, 2.05) is 35.9 Å². The molecule has 2 N–H and O–H groups in total.